The number of benzene rings is 2. The van der Waals surface area contributed by atoms with E-state index in [-0.39, 0.29) is 0 Å². The predicted octanol–water partition coefficient (Wildman–Crippen LogP) is 10.9. The first-order chi connectivity index (χ1) is 22.7. The molecule has 0 aliphatic carbocycles. The molecule has 0 saturated carbocycles. The van der Waals surface area contributed by atoms with E-state index < -0.39 is 0 Å². The van der Waals surface area contributed by atoms with Crippen molar-refractivity contribution in [2.45, 2.75) is 79.1 Å². The maximum absolute atomic E-state index is 4.87. The van der Waals surface area contributed by atoms with Crippen LogP contribution in [0.2, 0.25) is 0 Å². The quantitative estimate of drug-likeness (QED) is 0.105. The van der Waals surface area contributed by atoms with Gasteiger partial charge in [-0.2, -0.15) is 0 Å². The number of unbranched alkanes of at least 4 members (excludes halogenated alkanes) is 4. The summed E-state index contributed by atoms with van der Waals surface area (Å²) < 4.78 is 0. The van der Waals surface area contributed by atoms with Crippen LogP contribution >= 0.6 is 0 Å². The monoisotopic (exact) mass is 614 g/mol. The molecule has 242 valence electrons. The number of rotatable bonds is 19. The van der Waals surface area contributed by atoms with Gasteiger partial charge in [-0.3, -0.25) is 9.97 Å². The first-order valence-corrected chi connectivity index (χ1v) is 17.6. The van der Waals surface area contributed by atoms with Crippen LogP contribution in [0.4, 0.5) is 0 Å². The average Bonchev–Trinajstić information content (AvgIpc) is 3.11. The summed E-state index contributed by atoms with van der Waals surface area (Å²) in [7, 11) is 0. The van der Waals surface area contributed by atoms with Crippen molar-refractivity contribution < 1.29 is 0 Å². The molecule has 4 heteroatoms. The molecule has 0 saturated heterocycles. The summed E-state index contributed by atoms with van der Waals surface area (Å²) in [5, 5.41) is 0. The molecule has 0 fully saturated rings. The van der Waals surface area contributed by atoms with Gasteiger partial charge in [0.15, 0.2) is 0 Å². The first-order valence-electron chi connectivity index (χ1n) is 17.6. The molecule has 4 rings (SSSR count). The van der Waals surface area contributed by atoms with Crippen LogP contribution in [0, 0.1) is 0 Å². The van der Waals surface area contributed by atoms with E-state index in [1.54, 1.807) is 0 Å². The largest absolute Gasteiger partial charge is 0.371 e. The lowest BCUT2D eigenvalue weighted by Gasteiger charge is -2.29. The van der Waals surface area contributed by atoms with Crippen molar-refractivity contribution in [1.82, 2.24) is 19.8 Å². The smallest absolute Gasteiger partial charge is 0.0893 e. The molecular weight excluding hydrogens is 560 g/mol. The van der Waals surface area contributed by atoms with E-state index in [4.69, 9.17) is 9.97 Å². The summed E-state index contributed by atoms with van der Waals surface area (Å²) in [6.45, 7) is 13.3. The third-order valence-electron chi connectivity index (χ3n) is 8.39. The molecule has 0 atom stereocenters. The summed E-state index contributed by atoms with van der Waals surface area (Å²) in [4.78, 5) is 14.9. The molecule has 2 aromatic heterocycles. The Morgan fingerprint density at radius 1 is 0.500 bits per heavy atom. The molecular formula is C42H54N4. The number of aromatic nitrogens is 2. The molecule has 4 aromatic rings. The summed E-state index contributed by atoms with van der Waals surface area (Å²) in [5.74, 6) is 0. The molecule has 0 unspecified atom stereocenters. The summed E-state index contributed by atoms with van der Waals surface area (Å²) in [5.41, 5.74) is 9.09. The van der Waals surface area contributed by atoms with Crippen LogP contribution in [-0.4, -0.2) is 45.9 Å². The van der Waals surface area contributed by atoms with E-state index in [1.165, 1.54) is 85.0 Å². The summed E-state index contributed by atoms with van der Waals surface area (Å²) >= 11 is 0. The van der Waals surface area contributed by atoms with Gasteiger partial charge >= 0.3 is 0 Å². The van der Waals surface area contributed by atoms with E-state index in [9.17, 15) is 0 Å². The number of hydrogen-bond acceptors (Lipinski definition) is 4. The van der Waals surface area contributed by atoms with E-state index in [1.807, 2.05) is 12.4 Å². The SMILES string of the molecule is CCCCN(CCCC)C(=Cc1ccccc1)c1ccnc(-c2cc(C(=Cc3ccccc3)N(CCCC)CCCC)ccn2)c1. The van der Waals surface area contributed by atoms with E-state index in [0.717, 1.165) is 37.6 Å². The molecule has 2 heterocycles. The molecule has 46 heavy (non-hydrogen) atoms. The lowest BCUT2D eigenvalue weighted by atomic mass is 10.0. The fourth-order valence-electron chi connectivity index (χ4n) is 5.69. The zero-order valence-electron chi connectivity index (χ0n) is 28.7. The van der Waals surface area contributed by atoms with Crippen LogP contribution in [0.25, 0.3) is 34.9 Å². The molecule has 0 aliphatic heterocycles. The van der Waals surface area contributed by atoms with Crippen molar-refractivity contribution in [3.05, 3.63) is 120 Å². The lowest BCUT2D eigenvalue weighted by Crippen LogP contribution is -2.25. The third kappa shape index (κ3) is 10.4. The summed E-state index contributed by atoms with van der Waals surface area (Å²) in [6.07, 6.45) is 17.9. The third-order valence-corrected chi connectivity index (χ3v) is 8.39. The van der Waals surface area contributed by atoms with Crippen molar-refractivity contribution in [3.8, 4) is 11.4 Å². The normalized spacial score (nSPS) is 11.9. The van der Waals surface area contributed by atoms with Gasteiger partial charge in [0.25, 0.3) is 0 Å². The second-order valence-electron chi connectivity index (χ2n) is 12.1. The van der Waals surface area contributed by atoms with Gasteiger partial charge in [0.05, 0.1) is 11.4 Å². The van der Waals surface area contributed by atoms with Gasteiger partial charge in [0.1, 0.15) is 0 Å². The van der Waals surface area contributed by atoms with Crippen molar-refractivity contribution in [3.63, 3.8) is 0 Å². The maximum Gasteiger partial charge on any atom is 0.0893 e. The Balaban J connectivity index is 1.78. The molecule has 0 amide bonds. The Morgan fingerprint density at radius 2 is 0.848 bits per heavy atom. The Morgan fingerprint density at radius 3 is 1.17 bits per heavy atom. The van der Waals surface area contributed by atoms with Gasteiger partial charge in [0.2, 0.25) is 0 Å². The highest BCUT2D eigenvalue weighted by Crippen LogP contribution is 2.30. The van der Waals surface area contributed by atoms with Crippen LogP contribution in [0.3, 0.4) is 0 Å². The van der Waals surface area contributed by atoms with Crippen molar-refractivity contribution >= 4 is 23.5 Å². The Kier molecular flexibility index (Phi) is 14.6. The molecule has 0 spiro atoms. The maximum atomic E-state index is 4.87. The van der Waals surface area contributed by atoms with Crippen LogP contribution in [0.5, 0.6) is 0 Å². The minimum Gasteiger partial charge on any atom is -0.371 e. The molecule has 0 radical (unpaired) electrons. The van der Waals surface area contributed by atoms with Crippen LogP contribution < -0.4 is 0 Å². The van der Waals surface area contributed by atoms with Crippen LogP contribution in [0.15, 0.2) is 97.3 Å². The molecule has 2 aromatic carbocycles. The molecule has 0 aliphatic rings. The number of hydrogen-bond donors (Lipinski definition) is 0. The zero-order valence-corrected chi connectivity index (χ0v) is 28.7. The average molecular weight is 615 g/mol. The second kappa shape index (κ2) is 19.4. The number of pyridine rings is 2. The van der Waals surface area contributed by atoms with Gasteiger partial charge in [-0.15, -0.1) is 0 Å². The Bertz CT molecular complexity index is 1360. The van der Waals surface area contributed by atoms with E-state index in [2.05, 4.69) is 135 Å². The first kappa shape index (κ1) is 34.7. The standard InChI is InChI=1S/C42H54N4/c1-5-9-27-45(28-10-6-2)41(31-35-19-15-13-16-20-35)37-23-25-43-39(33-37)40-34-38(24-26-44-40)42(32-36-21-17-14-18-22-36)46(29-11-7-3)30-12-8-4/h13-26,31-34H,5-12,27-30H2,1-4H3. The van der Waals surface area contributed by atoms with Crippen molar-refractivity contribution in [2.75, 3.05) is 26.2 Å². The fraction of sp³-hybridized carbons (Fsp3) is 0.381. The van der Waals surface area contributed by atoms with Gasteiger partial charge < -0.3 is 9.80 Å². The van der Waals surface area contributed by atoms with Gasteiger partial charge in [-0.05, 0) is 73.2 Å². The lowest BCUT2D eigenvalue weighted by molar-refractivity contribution is 0.380. The highest BCUT2D eigenvalue weighted by atomic mass is 15.1. The van der Waals surface area contributed by atoms with E-state index >= 15 is 0 Å². The Labute approximate surface area is 278 Å². The highest BCUT2D eigenvalue weighted by Gasteiger charge is 2.16. The molecule has 4 nitrogen and oxygen atoms in total. The zero-order chi connectivity index (χ0) is 32.4. The van der Waals surface area contributed by atoms with Gasteiger partial charge in [-0.25, -0.2) is 0 Å². The minimum atomic E-state index is 0.900. The Hall–Kier alpha value is -4.18. The van der Waals surface area contributed by atoms with Crippen LogP contribution in [0.1, 0.15) is 101 Å². The minimum absolute atomic E-state index is 0.900. The van der Waals surface area contributed by atoms with Gasteiger partial charge in [0, 0.05) is 61.1 Å². The number of nitrogens with zero attached hydrogens (tertiary/aromatic N) is 4. The van der Waals surface area contributed by atoms with E-state index in [0.29, 0.717) is 0 Å². The highest BCUT2D eigenvalue weighted by molar-refractivity contribution is 5.83. The second-order valence-corrected chi connectivity index (χ2v) is 12.1. The summed E-state index contributed by atoms with van der Waals surface area (Å²) in [6, 6.07) is 30.2. The van der Waals surface area contributed by atoms with Crippen molar-refractivity contribution in [2.24, 2.45) is 0 Å². The van der Waals surface area contributed by atoms with Crippen LogP contribution in [-0.2, 0) is 0 Å². The molecule has 0 N–H and O–H groups in total. The fourth-order valence-corrected chi connectivity index (χ4v) is 5.69. The van der Waals surface area contributed by atoms with Gasteiger partial charge in [-0.1, -0.05) is 114 Å². The molecule has 0 bridgehead atoms. The topological polar surface area (TPSA) is 32.3 Å². The van der Waals surface area contributed by atoms with Crippen molar-refractivity contribution in [1.29, 1.82) is 0 Å². The predicted molar refractivity (Wildman–Crippen MR) is 199 cm³/mol.